The molecule has 3 saturated carbocycles. The molecule has 3 heteroatoms. The zero-order valence-corrected chi connectivity index (χ0v) is 19.7. The van der Waals surface area contributed by atoms with Crippen LogP contribution >= 0.6 is 0 Å². The van der Waals surface area contributed by atoms with Gasteiger partial charge < -0.3 is 10.2 Å². The molecule has 2 unspecified atom stereocenters. The lowest BCUT2D eigenvalue weighted by Crippen LogP contribution is -2.36. The molecule has 29 heavy (non-hydrogen) atoms. The molecule has 2 nitrogen and oxygen atoms in total. The topological polar surface area (TPSA) is 40.5 Å². The van der Waals surface area contributed by atoms with E-state index in [1.165, 1.54) is 12.0 Å². The zero-order valence-electron chi connectivity index (χ0n) is 18.7. The van der Waals surface area contributed by atoms with Gasteiger partial charge in [-0.2, -0.15) is 0 Å². The summed E-state index contributed by atoms with van der Waals surface area (Å²) in [6, 6.07) is 0. The Hall–Kier alpha value is -1.52. The van der Waals surface area contributed by atoms with Gasteiger partial charge in [0, 0.05) is 12.3 Å². The van der Waals surface area contributed by atoms with E-state index < -0.39 is 20.3 Å². The molecule has 0 aliphatic heterocycles. The summed E-state index contributed by atoms with van der Waals surface area (Å²) in [5.41, 5.74) is 7.54. The van der Waals surface area contributed by atoms with Crippen LogP contribution in [0.2, 0.25) is 19.6 Å². The Morgan fingerprint density at radius 1 is 1.17 bits per heavy atom. The number of allylic oxidation sites excluding steroid dienone is 2. The summed E-state index contributed by atoms with van der Waals surface area (Å²) >= 11 is 0. The summed E-state index contributed by atoms with van der Waals surface area (Å²) in [5.74, 6) is 10.6. The number of aliphatic hydroxyl groups excluding tert-OH is 2. The van der Waals surface area contributed by atoms with Gasteiger partial charge in [-0.25, -0.2) is 0 Å². The van der Waals surface area contributed by atoms with Crippen molar-refractivity contribution in [1.82, 2.24) is 0 Å². The fourth-order valence-corrected chi connectivity index (χ4v) is 6.05. The summed E-state index contributed by atoms with van der Waals surface area (Å²) in [7, 11) is -1.38. The summed E-state index contributed by atoms with van der Waals surface area (Å²) in [6.45, 7) is 15.2. The van der Waals surface area contributed by atoms with Gasteiger partial charge in [0.25, 0.3) is 0 Å². The standard InChI is InChI=1S/C26H36O2Si/c1-7-20-24(27)17-22(18(2)25(20)28)21-12-10-15-26(3)19(13-14-23(21)26)11-8-9-16-29(4,5)6/h7,19,23-25,27-28H,2,10,12-15,17H2,1,3-6H3/b20-7+,22-21?/t19?,23-,24+,25?,26+/m1/s1. The van der Waals surface area contributed by atoms with Gasteiger partial charge in [-0.05, 0) is 78.9 Å². The van der Waals surface area contributed by atoms with Gasteiger partial charge >= 0.3 is 0 Å². The maximum absolute atomic E-state index is 10.7. The fraction of sp³-hybridized carbons (Fsp3) is 0.615. The van der Waals surface area contributed by atoms with Gasteiger partial charge in [0.15, 0.2) is 0 Å². The second-order valence-corrected chi connectivity index (χ2v) is 15.0. The Morgan fingerprint density at radius 2 is 1.90 bits per heavy atom. The summed E-state index contributed by atoms with van der Waals surface area (Å²) in [4.78, 5) is 0. The van der Waals surface area contributed by atoms with E-state index in [-0.39, 0.29) is 5.41 Å². The molecule has 3 rings (SSSR count). The lowest BCUT2D eigenvalue weighted by Gasteiger charge is -2.43. The molecule has 3 fully saturated rings. The number of fused-ring (bicyclic) bond motifs is 1. The maximum Gasteiger partial charge on any atom is 0.130 e. The van der Waals surface area contributed by atoms with Crippen LogP contribution < -0.4 is 0 Å². The Kier molecular flexibility index (Phi) is 6.35. The zero-order chi connectivity index (χ0) is 21.4. The first-order chi connectivity index (χ1) is 13.6. The van der Waals surface area contributed by atoms with Gasteiger partial charge in [-0.3, -0.25) is 0 Å². The third-order valence-corrected chi connectivity index (χ3v) is 8.08. The molecule has 0 aromatic rings. The van der Waals surface area contributed by atoms with Crippen molar-refractivity contribution in [2.45, 2.75) is 84.2 Å². The minimum atomic E-state index is -1.38. The molecular weight excluding hydrogens is 372 g/mol. The van der Waals surface area contributed by atoms with Crippen LogP contribution in [0.5, 0.6) is 0 Å². The fourth-order valence-electron chi connectivity index (χ4n) is 5.61. The van der Waals surface area contributed by atoms with E-state index in [4.69, 9.17) is 0 Å². The van der Waals surface area contributed by atoms with Crippen LogP contribution in [0.15, 0.2) is 34.9 Å². The van der Waals surface area contributed by atoms with E-state index in [0.29, 0.717) is 23.8 Å². The molecule has 0 aromatic heterocycles. The Labute approximate surface area is 178 Å². The molecule has 0 radical (unpaired) electrons. The minimum Gasteiger partial charge on any atom is -0.388 e. The van der Waals surface area contributed by atoms with Crippen molar-refractivity contribution < 1.29 is 10.2 Å². The van der Waals surface area contributed by atoms with Crippen molar-refractivity contribution in [3.8, 4) is 23.3 Å². The second-order valence-electron chi connectivity index (χ2n) is 10.3. The van der Waals surface area contributed by atoms with Crippen molar-refractivity contribution in [2.75, 3.05) is 0 Å². The van der Waals surface area contributed by atoms with E-state index in [1.807, 2.05) is 13.0 Å². The molecule has 0 spiro atoms. The van der Waals surface area contributed by atoms with E-state index in [2.05, 4.69) is 56.4 Å². The highest BCUT2D eigenvalue weighted by atomic mass is 28.3. The molecule has 0 bridgehead atoms. The number of rotatable bonds is 0. The average Bonchev–Trinajstić information content (AvgIpc) is 2.98. The second kappa shape index (κ2) is 8.31. The first kappa shape index (κ1) is 22.2. The predicted molar refractivity (Wildman–Crippen MR) is 124 cm³/mol. The van der Waals surface area contributed by atoms with Gasteiger partial charge in [0.2, 0.25) is 0 Å². The first-order valence-corrected chi connectivity index (χ1v) is 14.5. The predicted octanol–water partition coefficient (Wildman–Crippen LogP) is 5.01. The number of hydrogen-bond acceptors (Lipinski definition) is 2. The summed E-state index contributed by atoms with van der Waals surface area (Å²) < 4.78 is 0. The highest BCUT2D eigenvalue weighted by molar-refractivity contribution is 6.83. The molecular formula is C26H36O2Si. The molecule has 0 aromatic carbocycles. The lowest BCUT2D eigenvalue weighted by molar-refractivity contribution is 0.140. The quantitative estimate of drug-likeness (QED) is 0.336. The molecule has 156 valence electrons. The first-order valence-electron chi connectivity index (χ1n) is 11.0. The van der Waals surface area contributed by atoms with Crippen LogP contribution in [0.3, 0.4) is 0 Å². The average molecular weight is 409 g/mol. The van der Waals surface area contributed by atoms with E-state index in [0.717, 1.165) is 36.8 Å². The molecule has 3 aliphatic carbocycles. The summed E-state index contributed by atoms with van der Waals surface area (Å²) in [5, 5.41) is 21.3. The van der Waals surface area contributed by atoms with E-state index >= 15 is 0 Å². The minimum absolute atomic E-state index is 0.158. The highest BCUT2D eigenvalue weighted by Crippen LogP contribution is 2.58. The SMILES string of the molecule is C=C1C(=C2CCC[C@@]3(C)C(C#CC#C[Si](C)(C)C)CC[C@H]23)C[C@H](O)/C(=C\C)C1O. The van der Waals surface area contributed by atoms with Crippen LogP contribution in [0.4, 0.5) is 0 Å². The monoisotopic (exact) mass is 408 g/mol. The Bertz CT molecular complexity index is 864. The van der Waals surface area contributed by atoms with Crippen LogP contribution in [0.1, 0.15) is 52.4 Å². The Morgan fingerprint density at radius 3 is 2.55 bits per heavy atom. The normalized spacial score (nSPS) is 38.7. The van der Waals surface area contributed by atoms with Crippen molar-refractivity contribution >= 4 is 8.07 Å². The summed E-state index contributed by atoms with van der Waals surface area (Å²) in [6.07, 6.45) is 6.66. The van der Waals surface area contributed by atoms with Crippen molar-refractivity contribution in [3.63, 3.8) is 0 Å². The van der Waals surface area contributed by atoms with Crippen molar-refractivity contribution in [3.05, 3.63) is 34.9 Å². The van der Waals surface area contributed by atoms with Crippen LogP contribution in [-0.2, 0) is 0 Å². The molecule has 0 heterocycles. The molecule has 5 atom stereocenters. The third kappa shape index (κ3) is 4.34. The van der Waals surface area contributed by atoms with Crippen LogP contribution in [0, 0.1) is 40.6 Å². The molecule has 0 amide bonds. The van der Waals surface area contributed by atoms with Crippen molar-refractivity contribution in [2.24, 2.45) is 17.3 Å². The number of aliphatic hydroxyl groups is 2. The number of hydrogen-bond donors (Lipinski definition) is 2. The van der Waals surface area contributed by atoms with Gasteiger partial charge in [-0.15, -0.1) is 5.54 Å². The molecule has 3 aliphatic rings. The highest BCUT2D eigenvalue weighted by Gasteiger charge is 2.50. The largest absolute Gasteiger partial charge is 0.388 e. The third-order valence-electron chi connectivity index (χ3n) is 7.20. The van der Waals surface area contributed by atoms with Gasteiger partial charge in [0.05, 0.1) is 6.10 Å². The lowest BCUT2D eigenvalue weighted by atomic mass is 9.61. The molecule has 2 N–H and O–H groups in total. The maximum atomic E-state index is 10.7. The van der Waals surface area contributed by atoms with Crippen molar-refractivity contribution in [1.29, 1.82) is 0 Å². The van der Waals surface area contributed by atoms with E-state index in [9.17, 15) is 10.2 Å². The Balaban J connectivity index is 1.90. The van der Waals surface area contributed by atoms with Crippen LogP contribution in [-0.4, -0.2) is 30.5 Å². The van der Waals surface area contributed by atoms with Gasteiger partial charge in [0.1, 0.15) is 14.2 Å². The van der Waals surface area contributed by atoms with Crippen LogP contribution in [0.25, 0.3) is 0 Å². The smallest absolute Gasteiger partial charge is 0.130 e. The van der Waals surface area contributed by atoms with E-state index in [1.54, 1.807) is 0 Å². The van der Waals surface area contributed by atoms with Gasteiger partial charge in [-0.1, -0.05) is 50.7 Å². The molecule has 0 saturated heterocycles.